The Kier molecular flexibility index (Phi) is 4.71. The molecule has 1 unspecified atom stereocenters. The van der Waals surface area contributed by atoms with E-state index in [2.05, 4.69) is 10.1 Å². The molecule has 0 saturated carbocycles. The van der Waals surface area contributed by atoms with Crippen molar-refractivity contribution in [2.75, 3.05) is 19.8 Å². The Bertz CT molecular complexity index is 616. The Morgan fingerprint density at radius 2 is 2.36 bits per heavy atom. The topological polar surface area (TPSA) is 55.6 Å². The highest BCUT2D eigenvalue weighted by molar-refractivity contribution is 7.12. The van der Waals surface area contributed by atoms with Crippen molar-refractivity contribution in [1.82, 2.24) is 10.1 Å². The lowest BCUT2D eigenvalue weighted by Gasteiger charge is -2.35. The number of ketones is 1. The van der Waals surface area contributed by atoms with Crippen molar-refractivity contribution >= 4 is 17.1 Å². The SMILES string of the molecule is Cc1noc(C)c1CN1CCOCC1CC(=O)c1cccs1. The molecule has 1 atom stereocenters. The first kappa shape index (κ1) is 15.4. The Hall–Kier alpha value is -1.50. The number of carbonyl (C=O) groups excluding carboxylic acids is 1. The molecule has 0 aliphatic carbocycles. The average Bonchev–Trinajstić information content (AvgIpc) is 3.14. The second-order valence-electron chi connectivity index (χ2n) is 5.61. The number of ether oxygens (including phenoxy) is 1. The van der Waals surface area contributed by atoms with Crippen molar-refractivity contribution in [3.8, 4) is 0 Å². The van der Waals surface area contributed by atoms with Crippen LogP contribution in [0.2, 0.25) is 0 Å². The standard InChI is InChI=1S/C16H20N2O3S/c1-11-14(12(2)21-17-11)9-18-5-6-20-10-13(18)8-15(19)16-4-3-7-22-16/h3-4,7,13H,5-6,8-10H2,1-2H3. The van der Waals surface area contributed by atoms with E-state index in [0.717, 1.165) is 35.0 Å². The van der Waals surface area contributed by atoms with Crippen LogP contribution in [0.25, 0.3) is 0 Å². The molecule has 1 fully saturated rings. The normalized spacial score (nSPS) is 19.5. The van der Waals surface area contributed by atoms with Crippen LogP contribution < -0.4 is 0 Å². The molecule has 1 saturated heterocycles. The van der Waals surface area contributed by atoms with Gasteiger partial charge in [-0.15, -0.1) is 11.3 Å². The first-order chi connectivity index (χ1) is 10.6. The molecule has 6 heteroatoms. The van der Waals surface area contributed by atoms with E-state index >= 15 is 0 Å². The van der Waals surface area contributed by atoms with E-state index in [9.17, 15) is 4.79 Å². The third-order valence-corrected chi connectivity index (χ3v) is 5.02. The summed E-state index contributed by atoms with van der Waals surface area (Å²) in [4.78, 5) is 15.5. The number of morpholine rings is 1. The minimum Gasteiger partial charge on any atom is -0.378 e. The van der Waals surface area contributed by atoms with E-state index in [-0.39, 0.29) is 11.8 Å². The first-order valence-corrected chi connectivity index (χ1v) is 8.33. The Labute approximate surface area is 133 Å². The number of hydrogen-bond donors (Lipinski definition) is 0. The Morgan fingerprint density at radius 3 is 3.05 bits per heavy atom. The van der Waals surface area contributed by atoms with Crippen LogP contribution in [0, 0.1) is 13.8 Å². The lowest BCUT2D eigenvalue weighted by Crippen LogP contribution is -2.46. The lowest BCUT2D eigenvalue weighted by molar-refractivity contribution is -0.0127. The van der Waals surface area contributed by atoms with Gasteiger partial charge >= 0.3 is 0 Å². The van der Waals surface area contributed by atoms with Gasteiger partial charge in [0.15, 0.2) is 5.78 Å². The van der Waals surface area contributed by atoms with Gasteiger partial charge in [0.1, 0.15) is 5.76 Å². The van der Waals surface area contributed by atoms with Crippen LogP contribution in [-0.4, -0.2) is 41.6 Å². The molecule has 5 nitrogen and oxygen atoms in total. The summed E-state index contributed by atoms with van der Waals surface area (Å²) in [6, 6.07) is 3.91. The maximum Gasteiger partial charge on any atom is 0.174 e. The number of carbonyl (C=O) groups is 1. The van der Waals surface area contributed by atoms with Crippen LogP contribution in [0.3, 0.4) is 0 Å². The molecule has 22 heavy (non-hydrogen) atoms. The summed E-state index contributed by atoms with van der Waals surface area (Å²) in [5, 5.41) is 5.95. The maximum absolute atomic E-state index is 12.4. The van der Waals surface area contributed by atoms with E-state index in [4.69, 9.17) is 9.26 Å². The number of thiophene rings is 1. The van der Waals surface area contributed by atoms with Crippen molar-refractivity contribution in [1.29, 1.82) is 0 Å². The highest BCUT2D eigenvalue weighted by atomic mass is 32.1. The van der Waals surface area contributed by atoms with Gasteiger partial charge in [0.05, 0.1) is 23.8 Å². The van der Waals surface area contributed by atoms with Crippen LogP contribution >= 0.6 is 11.3 Å². The zero-order valence-electron chi connectivity index (χ0n) is 12.9. The molecule has 0 bridgehead atoms. The Morgan fingerprint density at radius 1 is 1.50 bits per heavy atom. The molecule has 118 valence electrons. The van der Waals surface area contributed by atoms with E-state index in [0.29, 0.717) is 19.6 Å². The van der Waals surface area contributed by atoms with E-state index < -0.39 is 0 Å². The summed E-state index contributed by atoms with van der Waals surface area (Å²) in [6.45, 7) is 6.77. The van der Waals surface area contributed by atoms with Gasteiger partial charge in [-0.1, -0.05) is 11.2 Å². The molecular formula is C16H20N2O3S. The van der Waals surface area contributed by atoms with Gasteiger partial charge in [-0.25, -0.2) is 0 Å². The smallest absolute Gasteiger partial charge is 0.174 e. The number of nitrogens with zero attached hydrogens (tertiary/aromatic N) is 2. The summed E-state index contributed by atoms with van der Waals surface area (Å²) in [7, 11) is 0. The summed E-state index contributed by atoms with van der Waals surface area (Å²) >= 11 is 1.50. The van der Waals surface area contributed by atoms with E-state index in [1.54, 1.807) is 0 Å². The summed E-state index contributed by atoms with van der Waals surface area (Å²) < 4.78 is 10.8. The molecule has 0 amide bonds. The van der Waals surface area contributed by atoms with Crippen LogP contribution in [-0.2, 0) is 11.3 Å². The van der Waals surface area contributed by atoms with E-state index in [1.807, 2.05) is 31.4 Å². The zero-order chi connectivity index (χ0) is 15.5. The molecule has 0 N–H and O–H groups in total. The molecule has 3 heterocycles. The monoisotopic (exact) mass is 320 g/mol. The van der Waals surface area contributed by atoms with Gasteiger partial charge in [-0.2, -0.15) is 0 Å². The summed E-state index contributed by atoms with van der Waals surface area (Å²) in [6.07, 6.45) is 0.490. The predicted octanol–water partition coefficient (Wildman–Crippen LogP) is 2.83. The molecule has 0 aromatic carbocycles. The molecular weight excluding hydrogens is 300 g/mol. The van der Waals surface area contributed by atoms with Crippen LogP contribution in [0.15, 0.2) is 22.0 Å². The minimum atomic E-state index is 0.108. The second kappa shape index (κ2) is 6.73. The molecule has 0 radical (unpaired) electrons. The maximum atomic E-state index is 12.4. The van der Waals surface area contributed by atoms with Crippen LogP contribution in [0.1, 0.15) is 33.1 Å². The van der Waals surface area contributed by atoms with E-state index in [1.165, 1.54) is 11.3 Å². The number of Topliss-reactive ketones (excluding diaryl/α,β-unsaturated/α-hetero) is 1. The summed E-state index contributed by atoms with van der Waals surface area (Å²) in [5.74, 6) is 1.04. The lowest BCUT2D eigenvalue weighted by atomic mass is 10.1. The van der Waals surface area contributed by atoms with Gasteiger partial charge in [0, 0.05) is 31.1 Å². The highest BCUT2D eigenvalue weighted by Crippen LogP contribution is 2.21. The summed E-state index contributed by atoms with van der Waals surface area (Å²) in [5.41, 5.74) is 2.04. The minimum absolute atomic E-state index is 0.108. The van der Waals surface area contributed by atoms with Crippen LogP contribution in [0.4, 0.5) is 0 Å². The van der Waals surface area contributed by atoms with Gasteiger partial charge in [0.2, 0.25) is 0 Å². The van der Waals surface area contributed by atoms with Gasteiger partial charge < -0.3 is 9.26 Å². The highest BCUT2D eigenvalue weighted by Gasteiger charge is 2.27. The molecule has 2 aromatic rings. The average molecular weight is 320 g/mol. The van der Waals surface area contributed by atoms with Crippen molar-refractivity contribution in [2.24, 2.45) is 0 Å². The molecule has 2 aromatic heterocycles. The molecule has 1 aliphatic rings. The fourth-order valence-corrected chi connectivity index (χ4v) is 3.44. The van der Waals surface area contributed by atoms with Crippen molar-refractivity contribution in [3.63, 3.8) is 0 Å². The number of hydrogen-bond acceptors (Lipinski definition) is 6. The molecule has 1 aliphatic heterocycles. The first-order valence-electron chi connectivity index (χ1n) is 7.45. The fraction of sp³-hybridized carbons (Fsp3) is 0.500. The Balaban J connectivity index is 1.70. The number of aromatic nitrogens is 1. The second-order valence-corrected chi connectivity index (χ2v) is 6.55. The van der Waals surface area contributed by atoms with Crippen LogP contribution in [0.5, 0.6) is 0 Å². The van der Waals surface area contributed by atoms with Crippen molar-refractivity contribution in [3.05, 3.63) is 39.4 Å². The number of aryl methyl sites for hydroxylation is 2. The molecule has 0 spiro atoms. The largest absolute Gasteiger partial charge is 0.378 e. The van der Waals surface area contributed by atoms with Crippen molar-refractivity contribution < 1.29 is 14.1 Å². The predicted molar refractivity (Wildman–Crippen MR) is 84.3 cm³/mol. The van der Waals surface area contributed by atoms with Gasteiger partial charge in [-0.3, -0.25) is 9.69 Å². The third-order valence-electron chi connectivity index (χ3n) is 4.11. The zero-order valence-corrected chi connectivity index (χ0v) is 13.7. The molecule has 3 rings (SSSR count). The quantitative estimate of drug-likeness (QED) is 0.793. The van der Waals surface area contributed by atoms with Crippen molar-refractivity contribution in [2.45, 2.75) is 32.9 Å². The van der Waals surface area contributed by atoms with Gasteiger partial charge in [-0.05, 0) is 25.3 Å². The number of rotatable bonds is 5. The van der Waals surface area contributed by atoms with Gasteiger partial charge in [0.25, 0.3) is 0 Å². The third kappa shape index (κ3) is 3.29. The fourth-order valence-electron chi connectivity index (χ4n) is 2.77.